The minimum absolute atomic E-state index is 0.150. The molecule has 3 nitrogen and oxygen atoms in total. The maximum Gasteiger partial charge on any atom is 0.246 e. The van der Waals surface area contributed by atoms with E-state index >= 15 is 0 Å². The van der Waals surface area contributed by atoms with Gasteiger partial charge in [0.1, 0.15) is 0 Å². The molecular weight excluding hydrogens is 238 g/mol. The molecule has 2 atom stereocenters. The fourth-order valence-corrected chi connectivity index (χ4v) is 3.52. The molecule has 108 valence electrons. The summed E-state index contributed by atoms with van der Waals surface area (Å²) in [6.45, 7) is 9.78. The highest BCUT2D eigenvalue weighted by molar-refractivity contribution is 5.87. The minimum Gasteiger partial charge on any atom is -0.378 e. The van der Waals surface area contributed by atoms with Gasteiger partial charge in [-0.15, -0.1) is 0 Å². The van der Waals surface area contributed by atoms with Gasteiger partial charge in [0.15, 0.2) is 0 Å². The van der Waals surface area contributed by atoms with Gasteiger partial charge in [-0.2, -0.15) is 0 Å². The third-order valence-corrected chi connectivity index (χ3v) is 4.76. The van der Waals surface area contributed by atoms with Crippen molar-refractivity contribution >= 4 is 5.91 Å². The number of carbonyl (C=O) groups excluding carboxylic acids is 1. The largest absolute Gasteiger partial charge is 0.378 e. The summed E-state index contributed by atoms with van der Waals surface area (Å²) in [4.78, 5) is 14.0. The molecule has 0 spiro atoms. The van der Waals surface area contributed by atoms with Gasteiger partial charge in [-0.3, -0.25) is 4.79 Å². The molecular formula is C16H27NO2. The lowest BCUT2D eigenvalue weighted by Crippen LogP contribution is -2.40. The quantitative estimate of drug-likeness (QED) is 0.719. The normalized spacial score (nSPS) is 31.6. The van der Waals surface area contributed by atoms with E-state index in [9.17, 15) is 4.79 Å². The summed E-state index contributed by atoms with van der Waals surface area (Å²) >= 11 is 0. The molecule has 2 rings (SSSR count). The smallest absolute Gasteiger partial charge is 0.246 e. The molecule has 1 aliphatic heterocycles. The van der Waals surface area contributed by atoms with Crippen LogP contribution in [0.1, 0.15) is 40.0 Å². The predicted octanol–water partition coefficient (Wildman–Crippen LogP) is 2.86. The lowest BCUT2D eigenvalue weighted by atomic mass is 9.64. The zero-order valence-electron chi connectivity index (χ0n) is 12.5. The molecule has 2 fully saturated rings. The van der Waals surface area contributed by atoms with Crippen LogP contribution in [0, 0.1) is 17.3 Å². The lowest BCUT2D eigenvalue weighted by molar-refractivity contribution is -0.130. The van der Waals surface area contributed by atoms with Crippen molar-refractivity contribution < 1.29 is 9.53 Å². The Morgan fingerprint density at radius 2 is 2.00 bits per heavy atom. The van der Waals surface area contributed by atoms with Crippen LogP contribution in [0.25, 0.3) is 0 Å². The summed E-state index contributed by atoms with van der Waals surface area (Å²) in [5, 5.41) is 0. The van der Waals surface area contributed by atoms with Crippen molar-refractivity contribution in [2.75, 3.05) is 26.3 Å². The molecule has 1 saturated heterocycles. The topological polar surface area (TPSA) is 29.5 Å². The molecule has 1 aliphatic carbocycles. The first-order valence-electron chi connectivity index (χ1n) is 7.55. The molecule has 1 heterocycles. The number of rotatable bonds is 2. The van der Waals surface area contributed by atoms with Crippen molar-refractivity contribution in [3.05, 3.63) is 12.2 Å². The zero-order chi connectivity index (χ0) is 13.9. The summed E-state index contributed by atoms with van der Waals surface area (Å²) in [7, 11) is 0. The Morgan fingerprint density at radius 1 is 1.32 bits per heavy atom. The predicted molar refractivity (Wildman–Crippen MR) is 76.8 cm³/mol. The lowest BCUT2D eigenvalue weighted by Gasteiger charge is -2.41. The number of hydrogen-bond donors (Lipinski definition) is 0. The first-order valence-corrected chi connectivity index (χ1v) is 7.55. The van der Waals surface area contributed by atoms with Gasteiger partial charge in [0, 0.05) is 13.1 Å². The van der Waals surface area contributed by atoms with Crippen molar-refractivity contribution in [2.45, 2.75) is 40.0 Å². The van der Waals surface area contributed by atoms with Crippen molar-refractivity contribution in [1.82, 2.24) is 4.90 Å². The standard InChI is InChI=1S/C16H27NO2/c1-13-5-4-8-16(2,3)14(13)6-7-15(18)17-9-11-19-12-10-17/h6-7,13-14H,4-5,8-12H2,1-3H3/t13-,14+/m1/s1. The zero-order valence-corrected chi connectivity index (χ0v) is 12.5. The van der Waals surface area contributed by atoms with Crippen molar-refractivity contribution in [3.8, 4) is 0 Å². The second kappa shape index (κ2) is 6.08. The number of ether oxygens (including phenoxy) is 1. The number of carbonyl (C=O) groups is 1. The van der Waals surface area contributed by atoms with Gasteiger partial charge in [-0.05, 0) is 29.7 Å². The average Bonchev–Trinajstić information content (AvgIpc) is 2.38. The van der Waals surface area contributed by atoms with Crippen LogP contribution in [0.3, 0.4) is 0 Å². The van der Waals surface area contributed by atoms with Crippen molar-refractivity contribution in [3.63, 3.8) is 0 Å². The second-order valence-corrected chi connectivity index (χ2v) is 6.68. The van der Waals surface area contributed by atoms with E-state index in [1.807, 2.05) is 4.90 Å². The van der Waals surface area contributed by atoms with Gasteiger partial charge in [-0.1, -0.05) is 39.7 Å². The van der Waals surface area contributed by atoms with E-state index in [0.29, 0.717) is 30.5 Å². The van der Waals surface area contributed by atoms with Crippen molar-refractivity contribution in [1.29, 1.82) is 0 Å². The van der Waals surface area contributed by atoms with Crippen molar-refractivity contribution in [2.24, 2.45) is 17.3 Å². The minimum atomic E-state index is 0.150. The van der Waals surface area contributed by atoms with Crippen LogP contribution in [0.15, 0.2) is 12.2 Å². The number of amides is 1. The Hall–Kier alpha value is -0.830. The number of allylic oxidation sites excluding steroid dienone is 1. The Bertz CT molecular complexity index is 343. The van der Waals surface area contributed by atoms with Gasteiger partial charge in [0.2, 0.25) is 5.91 Å². The monoisotopic (exact) mass is 265 g/mol. The molecule has 3 heteroatoms. The molecule has 0 radical (unpaired) electrons. The van der Waals surface area contributed by atoms with E-state index in [0.717, 1.165) is 13.1 Å². The molecule has 1 amide bonds. The van der Waals surface area contributed by atoms with Crippen LogP contribution in [-0.2, 0) is 9.53 Å². The maximum atomic E-state index is 12.1. The summed E-state index contributed by atoms with van der Waals surface area (Å²) < 4.78 is 5.28. The van der Waals surface area contributed by atoms with E-state index in [4.69, 9.17) is 4.74 Å². The molecule has 2 aliphatic rings. The highest BCUT2D eigenvalue weighted by atomic mass is 16.5. The second-order valence-electron chi connectivity index (χ2n) is 6.68. The maximum absolute atomic E-state index is 12.1. The van der Waals surface area contributed by atoms with Crippen LogP contribution in [0.4, 0.5) is 0 Å². The van der Waals surface area contributed by atoms with Crippen LogP contribution < -0.4 is 0 Å². The van der Waals surface area contributed by atoms with E-state index < -0.39 is 0 Å². The number of nitrogens with zero attached hydrogens (tertiary/aromatic N) is 1. The Kier molecular flexibility index (Phi) is 4.67. The fourth-order valence-electron chi connectivity index (χ4n) is 3.52. The van der Waals surface area contributed by atoms with Gasteiger partial charge >= 0.3 is 0 Å². The summed E-state index contributed by atoms with van der Waals surface area (Å²) in [6, 6.07) is 0. The fraction of sp³-hybridized carbons (Fsp3) is 0.812. The highest BCUT2D eigenvalue weighted by Crippen LogP contribution is 2.44. The highest BCUT2D eigenvalue weighted by Gasteiger charge is 2.35. The molecule has 0 aromatic rings. The van der Waals surface area contributed by atoms with Gasteiger partial charge < -0.3 is 9.64 Å². The average molecular weight is 265 g/mol. The Labute approximate surface area is 117 Å². The molecule has 19 heavy (non-hydrogen) atoms. The van der Waals surface area contributed by atoms with E-state index in [1.165, 1.54) is 19.3 Å². The third kappa shape index (κ3) is 3.59. The third-order valence-electron chi connectivity index (χ3n) is 4.76. The van der Waals surface area contributed by atoms with Crippen LogP contribution >= 0.6 is 0 Å². The van der Waals surface area contributed by atoms with E-state index in [-0.39, 0.29) is 5.91 Å². The van der Waals surface area contributed by atoms with E-state index in [1.54, 1.807) is 6.08 Å². The molecule has 0 N–H and O–H groups in total. The van der Waals surface area contributed by atoms with Crippen LogP contribution in [0.5, 0.6) is 0 Å². The summed E-state index contributed by atoms with van der Waals surface area (Å²) in [6.07, 6.45) is 7.83. The SMILES string of the molecule is C[C@@H]1CCCC(C)(C)[C@H]1C=CC(=O)N1CCOCC1. The molecule has 0 aromatic carbocycles. The summed E-state index contributed by atoms with van der Waals surface area (Å²) in [5.41, 5.74) is 0.319. The summed E-state index contributed by atoms with van der Waals surface area (Å²) in [5.74, 6) is 1.35. The number of morpholine rings is 1. The van der Waals surface area contributed by atoms with Crippen LogP contribution in [0.2, 0.25) is 0 Å². The Morgan fingerprint density at radius 3 is 2.63 bits per heavy atom. The number of hydrogen-bond acceptors (Lipinski definition) is 2. The van der Waals surface area contributed by atoms with Gasteiger partial charge in [0.05, 0.1) is 13.2 Å². The molecule has 0 bridgehead atoms. The Balaban J connectivity index is 1.97. The van der Waals surface area contributed by atoms with Gasteiger partial charge in [0.25, 0.3) is 0 Å². The first-order chi connectivity index (χ1) is 9.00. The van der Waals surface area contributed by atoms with Gasteiger partial charge in [-0.25, -0.2) is 0 Å². The molecule has 0 aromatic heterocycles. The molecule has 0 unspecified atom stereocenters. The molecule has 1 saturated carbocycles. The first kappa shape index (κ1) is 14.6. The van der Waals surface area contributed by atoms with Crippen LogP contribution in [-0.4, -0.2) is 37.1 Å². The van der Waals surface area contributed by atoms with E-state index in [2.05, 4.69) is 26.8 Å².